The lowest BCUT2D eigenvalue weighted by Crippen LogP contribution is -2.29. The van der Waals surface area contributed by atoms with Gasteiger partial charge >= 0.3 is 0 Å². The first kappa shape index (κ1) is 27.8. The summed E-state index contributed by atoms with van der Waals surface area (Å²) >= 11 is 0. The highest BCUT2D eigenvalue weighted by molar-refractivity contribution is 5.88. The number of fused-ring (bicyclic) bond motifs is 2. The molecule has 0 unspecified atom stereocenters. The standard InChI is InChI=1S/C37H26N2O6/c40-38(41)27-13-21-31(22-14-27)44-29-17-9-25(10-18-29)37(35-7-3-1-5-33(35)34-6-2-4-8-36(34)37)26-11-19-30(20-12-26)45-32-23-15-28(16-24-32)39(42)43/h1,3-5,7-24H,2,6H2. The van der Waals surface area contributed by atoms with E-state index in [0.717, 1.165) is 24.0 Å². The van der Waals surface area contributed by atoms with Crippen LogP contribution in [0.2, 0.25) is 0 Å². The molecular formula is C37H26N2O6. The summed E-state index contributed by atoms with van der Waals surface area (Å²) in [4.78, 5) is 21.2. The smallest absolute Gasteiger partial charge is 0.269 e. The van der Waals surface area contributed by atoms with E-state index in [2.05, 4.69) is 60.7 Å². The van der Waals surface area contributed by atoms with Crippen molar-refractivity contribution in [1.29, 1.82) is 0 Å². The summed E-state index contributed by atoms with van der Waals surface area (Å²) in [6.45, 7) is 0. The van der Waals surface area contributed by atoms with Crippen LogP contribution in [0, 0.1) is 20.2 Å². The normalized spacial score (nSPS) is 14.4. The molecule has 0 fully saturated rings. The maximum Gasteiger partial charge on any atom is 0.269 e. The van der Waals surface area contributed by atoms with Crippen molar-refractivity contribution in [2.24, 2.45) is 0 Å². The van der Waals surface area contributed by atoms with Gasteiger partial charge in [-0.15, -0.1) is 0 Å². The fraction of sp³-hybridized carbons (Fsp3) is 0.0811. The molecule has 7 rings (SSSR count). The Bertz CT molecular complexity index is 1870. The minimum absolute atomic E-state index is 0.00770. The summed E-state index contributed by atoms with van der Waals surface area (Å²) in [5.74, 6) is 2.26. The molecule has 0 spiro atoms. The Labute approximate surface area is 258 Å². The minimum atomic E-state index is -0.583. The van der Waals surface area contributed by atoms with Crippen LogP contribution in [0.1, 0.15) is 35.1 Å². The van der Waals surface area contributed by atoms with E-state index in [-0.39, 0.29) is 11.4 Å². The molecule has 0 aromatic heterocycles. The number of non-ortho nitro benzene ring substituents is 2. The van der Waals surface area contributed by atoms with Gasteiger partial charge < -0.3 is 9.47 Å². The molecule has 0 saturated carbocycles. The molecule has 2 aliphatic carbocycles. The average molecular weight is 595 g/mol. The number of ether oxygens (including phenoxy) is 2. The molecule has 5 aromatic carbocycles. The van der Waals surface area contributed by atoms with Crippen molar-refractivity contribution >= 4 is 16.9 Å². The second-order valence-electron chi connectivity index (χ2n) is 10.9. The van der Waals surface area contributed by atoms with Gasteiger partial charge in [0.15, 0.2) is 0 Å². The molecule has 0 bridgehead atoms. The topological polar surface area (TPSA) is 105 Å². The number of hydrogen-bond acceptors (Lipinski definition) is 6. The molecule has 8 nitrogen and oxygen atoms in total. The zero-order valence-electron chi connectivity index (χ0n) is 24.0. The lowest BCUT2D eigenvalue weighted by molar-refractivity contribution is -0.385. The number of benzene rings is 5. The van der Waals surface area contributed by atoms with Crippen molar-refractivity contribution in [2.45, 2.75) is 18.3 Å². The van der Waals surface area contributed by atoms with E-state index in [0.29, 0.717) is 23.0 Å². The minimum Gasteiger partial charge on any atom is -0.457 e. The molecule has 0 radical (unpaired) electrons. The quantitative estimate of drug-likeness (QED) is 0.131. The van der Waals surface area contributed by atoms with E-state index in [1.54, 1.807) is 24.3 Å². The van der Waals surface area contributed by atoms with Gasteiger partial charge in [-0.1, -0.05) is 60.7 Å². The molecule has 220 valence electrons. The second-order valence-corrected chi connectivity index (χ2v) is 10.9. The highest BCUT2D eigenvalue weighted by Gasteiger charge is 2.47. The molecule has 0 N–H and O–H groups in total. The second kappa shape index (κ2) is 11.2. The number of nitro groups is 2. The van der Waals surface area contributed by atoms with Crippen LogP contribution in [0.3, 0.4) is 0 Å². The fourth-order valence-electron chi connectivity index (χ4n) is 6.39. The van der Waals surface area contributed by atoms with Gasteiger partial charge in [0, 0.05) is 24.3 Å². The maximum absolute atomic E-state index is 11.0. The summed E-state index contributed by atoms with van der Waals surface area (Å²) in [6, 6.07) is 36.6. The van der Waals surface area contributed by atoms with E-state index in [1.165, 1.54) is 46.5 Å². The summed E-state index contributed by atoms with van der Waals surface area (Å²) in [5, 5.41) is 22.1. The molecular weight excluding hydrogens is 568 g/mol. The number of nitrogens with zero attached hydrogens (tertiary/aromatic N) is 2. The van der Waals surface area contributed by atoms with E-state index >= 15 is 0 Å². The lowest BCUT2D eigenvalue weighted by atomic mass is 9.66. The molecule has 0 atom stereocenters. The number of nitro benzene ring substituents is 2. The molecule has 0 saturated heterocycles. The first-order chi connectivity index (χ1) is 21.9. The first-order valence-corrected chi connectivity index (χ1v) is 14.5. The van der Waals surface area contributed by atoms with Crippen LogP contribution >= 0.6 is 0 Å². The Kier molecular flexibility index (Phi) is 6.94. The third kappa shape index (κ3) is 4.92. The van der Waals surface area contributed by atoms with Gasteiger partial charge in [0.05, 0.1) is 15.3 Å². The van der Waals surface area contributed by atoms with E-state index in [9.17, 15) is 20.2 Å². The van der Waals surface area contributed by atoms with Crippen LogP contribution in [-0.2, 0) is 5.41 Å². The van der Waals surface area contributed by atoms with Crippen molar-refractivity contribution in [3.05, 3.63) is 182 Å². The summed E-state index contributed by atoms with van der Waals surface area (Å²) in [6.07, 6.45) is 6.42. The van der Waals surface area contributed by atoms with Crippen LogP contribution in [0.15, 0.2) is 139 Å². The monoisotopic (exact) mass is 594 g/mol. The summed E-state index contributed by atoms with van der Waals surface area (Å²) in [7, 11) is 0. The van der Waals surface area contributed by atoms with E-state index in [1.807, 2.05) is 24.3 Å². The van der Waals surface area contributed by atoms with Gasteiger partial charge in [0.25, 0.3) is 11.4 Å². The van der Waals surface area contributed by atoms with Gasteiger partial charge in [0.1, 0.15) is 23.0 Å². The molecule has 45 heavy (non-hydrogen) atoms. The van der Waals surface area contributed by atoms with Crippen LogP contribution in [0.25, 0.3) is 5.57 Å². The third-order valence-electron chi connectivity index (χ3n) is 8.37. The van der Waals surface area contributed by atoms with Crippen LogP contribution < -0.4 is 9.47 Å². The molecule has 8 heteroatoms. The van der Waals surface area contributed by atoms with Gasteiger partial charge in [-0.25, -0.2) is 0 Å². The van der Waals surface area contributed by atoms with Crippen molar-refractivity contribution in [3.63, 3.8) is 0 Å². The Morgan fingerprint density at radius 3 is 1.49 bits per heavy atom. The van der Waals surface area contributed by atoms with E-state index in [4.69, 9.17) is 9.47 Å². The summed E-state index contributed by atoms with van der Waals surface area (Å²) in [5.41, 5.74) is 6.61. The maximum atomic E-state index is 11.0. The largest absolute Gasteiger partial charge is 0.457 e. The molecule has 0 aliphatic heterocycles. The first-order valence-electron chi connectivity index (χ1n) is 14.5. The molecule has 5 aromatic rings. The van der Waals surface area contributed by atoms with Crippen molar-refractivity contribution in [1.82, 2.24) is 0 Å². The number of hydrogen-bond donors (Lipinski definition) is 0. The van der Waals surface area contributed by atoms with Gasteiger partial charge in [-0.05, 0) is 94.8 Å². The summed E-state index contributed by atoms with van der Waals surface area (Å²) < 4.78 is 12.1. The Morgan fingerprint density at radius 1 is 0.578 bits per heavy atom. The van der Waals surface area contributed by atoms with Crippen molar-refractivity contribution in [2.75, 3.05) is 0 Å². The molecule has 2 aliphatic rings. The third-order valence-corrected chi connectivity index (χ3v) is 8.37. The highest BCUT2D eigenvalue weighted by atomic mass is 16.6. The SMILES string of the molecule is O=[N+]([O-])c1ccc(Oc2ccc(C3(c4ccc(Oc5ccc([N+](=O)[O-])cc5)cc4)C4=C(CCC=C4)c4ccccc43)cc2)cc1. The van der Waals surface area contributed by atoms with Crippen LogP contribution in [0.5, 0.6) is 23.0 Å². The Morgan fingerprint density at radius 2 is 1.02 bits per heavy atom. The van der Waals surface area contributed by atoms with Gasteiger partial charge in [-0.2, -0.15) is 0 Å². The zero-order chi connectivity index (χ0) is 31.0. The lowest BCUT2D eigenvalue weighted by Gasteiger charge is -2.35. The van der Waals surface area contributed by atoms with Gasteiger partial charge in [0.2, 0.25) is 0 Å². The van der Waals surface area contributed by atoms with Crippen molar-refractivity contribution < 1.29 is 19.3 Å². The predicted octanol–water partition coefficient (Wildman–Crippen LogP) is 9.54. The fourth-order valence-corrected chi connectivity index (χ4v) is 6.39. The number of rotatable bonds is 8. The average Bonchev–Trinajstić information content (AvgIpc) is 3.37. The van der Waals surface area contributed by atoms with E-state index < -0.39 is 15.3 Å². The zero-order valence-corrected chi connectivity index (χ0v) is 24.0. The Hall–Kier alpha value is -6.02. The van der Waals surface area contributed by atoms with Crippen LogP contribution in [-0.4, -0.2) is 9.85 Å². The molecule has 0 amide bonds. The number of allylic oxidation sites excluding steroid dienone is 4. The predicted molar refractivity (Wildman–Crippen MR) is 171 cm³/mol. The molecule has 0 heterocycles. The van der Waals surface area contributed by atoms with Gasteiger partial charge in [-0.3, -0.25) is 20.2 Å². The van der Waals surface area contributed by atoms with Crippen molar-refractivity contribution in [3.8, 4) is 23.0 Å². The van der Waals surface area contributed by atoms with Crippen LogP contribution in [0.4, 0.5) is 11.4 Å². The highest BCUT2D eigenvalue weighted by Crippen LogP contribution is 2.57. The Balaban J connectivity index is 1.27.